The molecule has 0 spiro atoms. The van der Waals surface area contributed by atoms with E-state index in [1.165, 1.54) is 16.2 Å². The zero-order valence-corrected chi connectivity index (χ0v) is 11.8. The zero-order chi connectivity index (χ0) is 14.8. The second kappa shape index (κ2) is 5.53. The number of nitrogens with one attached hydrogen (secondary N) is 1. The predicted octanol–water partition coefficient (Wildman–Crippen LogP) is 2.19. The maximum Gasteiger partial charge on any atom is 0.326 e. The lowest BCUT2D eigenvalue weighted by Crippen LogP contribution is -2.50. The number of urea groups is 1. The largest absolute Gasteiger partial charge is 0.480 e. The topological polar surface area (TPSA) is 82.5 Å². The molecule has 2 heterocycles. The number of anilines is 1. The normalized spacial score (nSPS) is 17.1. The van der Waals surface area contributed by atoms with E-state index in [1.807, 2.05) is 24.3 Å². The first kappa shape index (κ1) is 13.6. The van der Waals surface area contributed by atoms with Gasteiger partial charge in [-0.1, -0.05) is 24.3 Å². The zero-order valence-electron chi connectivity index (χ0n) is 11.0. The molecule has 0 fully saturated rings. The first-order chi connectivity index (χ1) is 10.1. The van der Waals surface area contributed by atoms with Crippen molar-refractivity contribution in [3.8, 4) is 0 Å². The van der Waals surface area contributed by atoms with E-state index < -0.39 is 18.0 Å². The number of fused-ring (bicyclic) bond motifs is 1. The van der Waals surface area contributed by atoms with E-state index in [0.717, 1.165) is 11.1 Å². The van der Waals surface area contributed by atoms with Crippen LogP contribution >= 0.6 is 11.3 Å². The lowest BCUT2D eigenvalue weighted by atomic mass is 9.94. The van der Waals surface area contributed by atoms with Crippen molar-refractivity contribution in [2.45, 2.75) is 19.0 Å². The molecule has 1 aromatic carbocycles. The Kier molecular flexibility index (Phi) is 3.57. The number of nitrogens with zero attached hydrogens (tertiary/aromatic N) is 2. The number of carboxylic acids is 1. The standard InChI is InChI=1S/C14H13N3O3S/c18-12(19)11-7-9-3-1-2-4-10(9)8-17(11)14(20)16-13-15-5-6-21-13/h1-6,11H,7-8H2,(H,18,19)(H,15,16,20). The Labute approximate surface area is 125 Å². The minimum Gasteiger partial charge on any atom is -0.480 e. The highest BCUT2D eigenvalue weighted by Gasteiger charge is 2.34. The van der Waals surface area contributed by atoms with Crippen LogP contribution in [0.1, 0.15) is 11.1 Å². The summed E-state index contributed by atoms with van der Waals surface area (Å²) in [5.41, 5.74) is 1.95. The van der Waals surface area contributed by atoms with Gasteiger partial charge in [-0.3, -0.25) is 5.32 Å². The fourth-order valence-corrected chi connectivity index (χ4v) is 2.92. The molecule has 2 N–H and O–H groups in total. The Hall–Kier alpha value is -2.41. The monoisotopic (exact) mass is 303 g/mol. The van der Waals surface area contributed by atoms with Crippen molar-refractivity contribution >= 4 is 28.5 Å². The summed E-state index contributed by atoms with van der Waals surface area (Å²) in [6, 6.07) is 6.28. The van der Waals surface area contributed by atoms with Gasteiger partial charge >= 0.3 is 12.0 Å². The number of amides is 2. The van der Waals surface area contributed by atoms with Crippen LogP contribution in [0, 0.1) is 0 Å². The minimum absolute atomic E-state index is 0.282. The highest BCUT2D eigenvalue weighted by atomic mass is 32.1. The highest BCUT2D eigenvalue weighted by molar-refractivity contribution is 7.13. The summed E-state index contributed by atoms with van der Waals surface area (Å²) in [6.07, 6.45) is 1.90. The van der Waals surface area contributed by atoms with Gasteiger partial charge < -0.3 is 10.0 Å². The number of rotatable bonds is 2. The van der Waals surface area contributed by atoms with Gasteiger partial charge in [-0.05, 0) is 11.1 Å². The maximum absolute atomic E-state index is 12.3. The molecule has 3 rings (SSSR count). The summed E-state index contributed by atoms with van der Waals surface area (Å²) in [4.78, 5) is 29.1. The number of hydrogen-bond donors (Lipinski definition) is 2. The van der Waals surface area contributed by atoms with Crippen LogP contribution in [-0.4, -0.2) is 33.0 Å². The summed E-state index contributed by atoms with van der Waals surface area (Å²) in [6.45, 7) is 0.282. The quantitative estimate of drug-likeness (QED) is 0.891. The number of benzene rings is 1. The molecule has 21 heavy (non-hydrogen) atoms. The molecule has 0 radical (unpaired) electrons. The van der Waals surface area contributed by atoms with Gasteiger partial charge in [0.2, 0.25) is 0 Å². The number of carboxylic acid groups (broad SMARTS) is 1. The van der Waals surface area contributed by atoms with Crippen LogP contribution in [-0.2, 0) is 17.8 Å². The second-order valence-corrected chi connectivity index (χ2v) is 5.62. The van der Waals surface area contributed by atoms with Crippen molar-refractivity contribution in [3.63, 3.8) is 0 Å². The van der Waals surface area contributed by atoms with Gasteiger partial charge in [0.15, 0.2) is 5.13 Å². The summed E-state index contributed by atoms with van der Waals surface area (Å²) in [7, 11) is 0. The van der Waals surface area contributed by atoms with Gasteiger partial charge in [0.25, 0.3) is 0 Å². The molecule has 2 aromatic rings. The number of aromatic nitrogens is 1. The van der Waals surface area contributed by atoms with E-state index in [4.69, 9.17) is 0 Å². The van der Waals surface area contributed by atoms with Gasteiger partial charge in [0.1, 0.15) is 6.04 Å². The van der Waals surface area contributed by atoms with E-state index in [0.29, 0.717) is 11.6 Å². The molecule has 0 saturated heterocycles. The molecule has 1 aliphatic rings. The van der Waals surface area contributed by atoms with E-state index >= 15 is 0 Å². The third kappa shape index (κ3) is 2.73. The molecule has 6 nitrogen and oxygen atoms in total. The fourth-order valence-electron chi connectivity index (χ4n) is 2.41. The van der Waals surface area contributed by atoms with Crippen molar-refractivity contribution in [3.05, 3.63) is 47.0 Å². The Morgan fingerprint density at radius 2 is 2.10 bits per heavy atom. The van der Waals surface area contributed by atoms with Gasteiger partial charge in [-0.15, -0.1) is 11.3 Å². The molecular weight excluding hydrogens is 290 g/mol. The SMILES string of the molecule is O=C(O)C1Cc2ccccc2CN1C(=O)Nc1nccs1. The Morgan fingerprint density at radius 3 is 2.76 bits per heavy atom. The first-order valence-corrected chi connectivity index (χ1v) is 7.30. The van der Waals surface area contributed by atoms with Crippen LogP contribution in [0.25, 0.3) is 0 Å². The molecule has 1 aliphatic heterocycles. The molecule has 2 amide bonds. The van der Waals surface area contributed by atoms with Gasteiger partial charge in [-0.25, -0.2) is 14.6 Å². The number of aliphatic carboxylic acids is 1. The molecule has 0 saturated carbocycles. The smallest absolute Gasteiger partial charge is 0.326 e. The van der Waals surface area contributed by atoms with Crippen LogP contribution in [0.15, 0.2) is 35.8 Å². The molecule has 7 heteroatoms. The lowest BCUT2D eigenvalue weighted by Gasteiger charge is -2.34. The summed E-state index contributed by atoms with van der Waals surface area (Å²) >= 11 is 1.29. The first-order valence-electron chi connectivity index (χ1n) is 6.42. The third-order valence-electron chi connectivity index (χ3n) is 3.44. The highest BCUT2D eigenvalue weighted by Crippen LogP contribution is 2.24. The number of carbonyl (C=O) groups is 2. The Balaban J connectivity index is 1.85. The van der Waals surface area contributed by atoms with E-state index in [9.17, 15) is 14.7 Å². The molecular formula is C14H13N3O3S. The molecule has 0 aliphatic carbocycles. The van der Waals surface area contributed by atoms with Crippen molar-refractivity contribution in [2.75, 3.05) is 5.32 Å². The van der Waals surface area contributed by atoms with Crippen LogP contribution in [0.4, 0.5) is 9.93 Å². The molecule has 1 unspecified atom stereocenters. The molecule has 1 atom stereocenters. The van der Waals surface area contributed by atoms with E-state index in [2.05, 4.69) is 10.3 Å². The summed E-state index contributed by atoms with van der Waals surface area (Å²) < 4.78 is 0. The second-order valence-electron chi connectivity index (χ2n) is 4.72. The van der Waals surface area contributed by atoms with Crippen molar-refractivity contribution in [1.29, 1.82) is 0 Å². The Morgan fingerprint density at radius 1 is 1.33 bits per heavy atom. The number of thiazole rings is 1. The fraction of sp³-hybridized carbons (Fsp3) is 0.214. The van der Waals surface area contributed by atoms with Crippen LogP contribution in [0.2, 0.25) is 0 Å². The van der Waals surface area contributed by atoms with E-state index in [-0.39, 0.29) is 6.54 Å². The summed E-state index contributed by atoms with van der Waals surface area (Å²) in [5, 5.41) is 14.2. The average molecular weight is 303 g/mol. The summed E-state index contributed by atoms with van der Waals surface area (Å²) in [5.74, 6) is -1.00. The maximum atomic E-state index is 12.3. The Bertz CT molecular complexity index is 672. The molecule has 108 valence electrons. The van der Waals surface area contributed by atoms with Crippen LogP contribution in [0.5, 0.6) is 0 Å². The predicted molar refractivity (Wildman–Crippen MR) is 78.2 cm³/mol. The number of carbonyl (C=O) groups excluding carboxylic acids is 1. The van der Waals surface area contributed by atoms with Crippen molar-refractivity contribution in [1.82, 2.24) is 9.88 Å². The molecule has 0 bridgehead atoms. The van der Waals surface area contributed by atoms with E-state index in [1.54, 1.807) is 11.6 Å². The van der Waals surface area contributed by atoms with Gasteiger partial charge in [0.05, 0.1) is 0 Å². The minimum atomic E-state index is -1.00. The van der Waals surface area contributed by atoms with Crippen LogP contribution in [0.3, 0.4) is 0 Å². The van der Waals surface area contributed by atoms with Gasteiger partial charge in [0, 0.05) is 24.5 Å². The number of hydrogen-bond acceptors (Lipinski definition) is 4. The van der Waals surface area contributed by atoms with Crippen molar-refractivity contribution in [2.24, 2.45) is 0 Å². The van der Waals surface area contributed by atoms with Crippen LogP contribution < -0.4 is 5.32 Å². The molecule has 1 aromatic heterocycles. The average Bonchev–Trinajstić information content (AvgIpc) is 2.98. The van der Waals surface area contributed by atoms with Gasteiger partial charge in [-0.2, -0.15) is 0 Å². The van der Waals surface area contributed by atoms with Crippen molar-refractivity contribution < 1.29 is 14.7 Å². The third-order valence-corrected chi connectivity index (χ3v) is 4.13. The lowest BCUT2D eigenvalue weighted by molar-refractivity contribution is -0.142.